The normalized spacial score (nSPS) is 13.5. The maximum absolute atomic E-state index is 12.0. The molecule has 0 saturated carbocycles. The van der Waals surface area contributed by atoms with E-state index in [2.05, 4.69) is 5.32 Å². The molecule has 116 valence electrons. The number of carbonyl (C=O) groups is 2. The second-order valence-corrected chi connectivity index (χ2v) is 6.34. The van der Waals surface area contributed by atoms with Gasteiger partial charge in [-0.15, -0.1) is 11.3 Å². The van der Waals surface area contributed by atoms with Gasteiger partial charge in [0.1, 0.15) is 10.6 Å². The smallest absolute Gasteiger partial charge is 0.348 e. The molecule has 0 radical (unpaired) electrons. The number of fused-ring (bicyclic) bond motifs is 1. The van der Waals surface area contributed by atoms with E-state index in [0.29, 0.717) is 10.6 Å². The number of aryl methyl sites for hydroxylation is 2. The van der Waals surface area contributed by atoms with Gasteiger partial charge in [-0.05, 0) is 49.4 Å². The number of nitrogens with one attached hydrogen (secondary N) is 1. The van der Waals surface area contributed by atoms with Gasteiger partial charge in [0.05, 0.1) is 12.8 Å². The second-order valence-electron chi connectivity index (χ2n) is 5.20. The number of thiophene rings is 1. The molecule has 0 atom stereocenters. The summed E-state index contributed by atoms with van der Waals surface area (Å²) in [6.45, 7) is 0.0127. The SMILES string of the molecule is O=C(COC(=O)c1cc2c(s1)CCCC2)NCc1ccco1. The van der Waals surface area contributed by atoms with Gasteiger partial charge in [-0.25, -0.2) is 4.79 Å². The summed E-state index contributed by atoms with van der Waals surface area (Å²) in [4.78, 5) is 25.5. The fourth-order valence-electron chi connectivity index (χ4n) is 2.44. The summed E-state index contributed by atoms with van der Waals surface area (Å²) in [5.74, 6) is -0.107. The van der Waals surface area contributed by atoms with Gasteiger partial charge in [0.15, 0.2) is 6.61 Å². The molecule has 0 saturated heterocycles. The van der Waals surface area contributed by atoms with Gasteiger partial charge in [0.2, 0.25) is 0 Å². The summed E-state index contributed by atoms with van der Waals surface area (Å²) in [5, 5.41) is 2.63. The Hall–Kier alpha value is -2.08. The lowest BCUT2D eigenvalue weighted by Crippen LogP contribution is -2.28. The van der Waals surface area contributed by atoms with Crippen LogP contribution in [-0.4, -0.2) is 18.5 Å². The van der Waals surface area contributed by atoms with Crippen LogP contribution in [0.4, 0.5) is 0 Å². The van der Waals surface area contributed by atoms with E-state index >= 15 is 0 Å². The van der Waals surface area contributed by atoms with Gasteiger partial charge in [-0.2, -0.15) is 0 Å². The quantitative estimate of drug-likeness (QED) is 0.860. The Kier molecular flexibility index (Phi) is 4.58. The summed E-state index contributed by atoms with van der Waals surface area (Å²) < 4.78 is 10.2. The fraction of sp³-hybridized carbons (Fsp3) is 0.375. The lowest BCUT2D eigenvalue weighted by molar-refractivity contribution is -0.124. The highest BCUT2D eigenvalue weighted by molar-refractivity contribution is 7.14. The molecule has 3 rings (SSSR count). The van der Waals surface area contributed by atoms with Gasteiger partial charge >= 0.3 is 5.97 Å². The number of ether oxygens (including phenoxy) is 1. The Morgan fingerprint density at radius 1 is 1.32 bits per heavy atom. The number of hydrogen-bond donors (Lipinski definition) is 1. The zero-order valence-corrected chi connectivity index (χ0v) is 12.9. The van der Waals surface area contributed by atoms with Gasteiger partial charge in [0.25, 0.3) is 5.91 Å². The van der Waals surface area contributed by atoms with Crippen molar-refractivity contribution in [2.75, 3.05) is 6.61 Å². The molecule has 1 N–H and O–H groups in total. The number of esters is 1. The number of hydrogen-bond acceptors (Lipinski definition) is 5. The van der Waals surface area contributed by atoms with Crippen LogP contribution in [0.1, 0.15) is 38.7 Å². The van der Waals surface area contributed by atoms with Crippen LogP contribution in [0.25, 0.3) is 0 Å². The van der Waals surface area contributed by atoms with Gasteiger partial charge in [-0.3, -0.25) is 4.79 Å². The average Bonchev–Trinajstić information content (AvgIpc) is 3.19. The maximum Gasteiger partial charge on any atom is 0.348 e. The molecule has 0 spiro atoms. The lowest BCUT2D eigenvalue weighted by atomic mass is 9.99. The van der Waals surface area contributed by atoms with Crippen LogP contribution in [0.3, 0.4) is 0 Å². The van der Waals surface area contributed by atoms with E-state index in [1.165, 1.54) is 34.6 Å². The van der Waals surface area contributed by atoms with Gasteiger partial charge < -0.3 is 14.5 Å². The molecule has 0 unspecified atom stereocenters. The first-order valence-corrected chi connectivity index (χ1v) is 8.12. The Morgan fingerprint density at radius 3 is 2.95 bits per heavy atom. The van der Waals surface area contributed by atoms with E-state index in [9.17, 15) is 9.59 Å². The van der Waals surface area contributed by atoms with Crippen molar-refractivity contribution in [2.45, 2.75) is 32.2 Å². The molecular weight excluding hydrogens is 302 g/mol. The molecule has 1 aliphatic carbocycles. The van der Waals surface area contributed by atoms with Crippen LogP contribution in [0, 0.1) is 0 Å². The van der Waals surface area contributed by atoms with E-state index in [1.807, 2.05) is 6.07 Å². The summed E-state index contributed by atoms with van der Waals surface area (Å²) >= 11 is 1.49. The number of amides is 1. The topological polar surface area (TPSA) is 68.5 Å². The first-order valence-electron chi connectivity index (χ1n) is 7.30. The van der Waals surface area contributed by atoms with Crippen LogP contribution in [-0.2, 0) is 28.9 Å². The van der Waals surface area contributed by atoms with Crippen molar-refractivity contribution in [3.8, 4) is 0 Å². The van der Waals surface area contributed by atoms with Crippen LogP contribution in [0.15, 0.2) is 28.9 Å². The number of rotatable bonds is 5. The highest BCUT2D eigenvalue weighted by atomic mass is 32.1. The van der Waals surface area contributed by atoms with E-state index in [4.69, 9.17) is 9.15 Å². The Morgan fingerprint density at radius 2 is 2.18 bits per heavy atom. The second kappa shape index (κ2) is 6.79. The van der Waals surface area contributed by atoms with Crippen molar-refractivity contribution in [1.29, 1.82) is 0 Å². The highest BCUT2D eigenvalue weighted by Gasteiger charge is 2.18. The Balaban J connectivity index is 1.47. The summed E-state index contributed by atoms with van der Waals surface area (Å²) in [5.41, 5.74) is 1.26. The van der Waals surface area contributed by atoms with E-state index in [1.54, 1.807) is 18.4 Å². The predicted octanol–water partition coefficient (Wildman–Crippen LogP) is 2.69. The molecule has 5 nitrogen and oxygen atoms in total. The first-order chi connectivity index (χ1) is 10.7. The molecule has 6 heteroatoms. The minimum Gasteiger partial charge on any atom is -0.467 e. The standard InChI is InChI=1S/C16H17NO4S/c18-15(17-9-12-5-3-7-20-12)10-21-16(19)14-8-11-4-1-2-6-13(11)22-14/h3,5,7-8H,1-2,4,6,9-10H2,(H,17,18). The van der Waals surface area contributed by atoms with Crippen molar-refractivity contribution >= 4 is 23.2 Å². The Bertz CT molecular complexity index is 636. The summed E-state index contributed by atoms with van der Waals surface area (Å²) in [7, 11) is 0. The van der Waals surface area contributed by atoms with Crippen molar-refractivity contribution in [3.63, 3.8) is 0 Å². The molecule has 22 heavy (non-hydrogen) atoms. The van der Waals surface area contributed by atoms with Gasteiger partial charge in [0, 0.05) is 4.88 Å². The molecule has 0 aliphatic heterocycles. The predicted molar refractivity (Wildman–Crippen MR) is 81.8 cm³/mol. The summed E-state index contributed by atoms with van der Waals surface area (Å²) in [6, 6.07) is 5.42. The van der Waals surface area contributed by atoms with Crippen LogP contribution >= 0.6 is 11.3 Å². The van der Waals surface area contributed by atoms with Gasteiger partial charge in [-0.1, -0.05) is 0 Å². The molecule has 0 fully saturated rings. The zero-order valence-electron chi connectivity index (χ0n) is 12.1. The van der Waals surface area contributed by atoms with E-state index < -0.39 is 5.97 Å². The maximum atomic E-state index is 12.0. The molecular formula is C16H17NO4S. The van der Waals surface area contributed by atoms with Crippen molar-refractivity contribution < 1.29 is 18.7 Å². The van der Waals surface area contributed by atoms with Crippen molar-refractivity contribution in [3.05, 3.63) is 45.5 Å². The third kappa shape index (κ3) is 3.57. The molecule has 1 amide bonds. The van der Waals surface area contributed by atoms with E-state index in [-0.39, 0.29) is 19.1 Å². The molecule has 2 heterocycles. The van der Waals surface area contributed by atoms with Crippen molar-refractivity contribution in [2.24, 2.45) is 0 Å². The number of carbonyl (C=O) groups excluding carboxylic acids is 2. The fourth-order valence-corrected chi connectivity index (χ4v) is 3.59. The van der Waals surface area contributed by atoms with Crippen LogP contribution in [0.5, 0.6) is 0 Å². The third-order valence-corrected chi connectivity index (χ3v) is 4.79. The molecule has 0 bridgehead atoms. The van der Waals surface area contributed by atoms with E-state index in [0.717, 1.165) is 12.8 Å². The molecule has 2 aromatic rings. The first kappa shape index (κ1) is 14.8. The highest BCUT2D eigenvalue weighted by Crippen LogP contribution is 2.29. The third-order valence-electron chi connectivity index (χ3n) is 3.57. The Labute approximate surface area is 132 Å². The molecule has 0 aromatic carbocycles. The molecule has 2 aromatic heterocycles. The monoisotopic (exact) mass is 319 g/mol. The molecule has 1 aliphatic rings. The lowest BCUT2D eigenvalue weighted by Gasteiger charge is -2.08. The van der Waals surface area contributed by atoms with Crippen LogP contribution < -0.4 is 5.32 Å². The minimum absolute atomic E-state index is 0.276. The largest absolute Gasteiger partial charge is 0.467 e. The summed E-state index contributed by atoms with van der Waals surface area (Å²) in [6.07, 6.45) is 5.96. The minimum atomic E-state index is -0.424. The van der Waals surface area contributed by atoms with Crippen LogP contribution in [0.2, 0.25) is 0 Å². The number of furan rings is 1. The zero-order chi connectivity index (χ0) is 15.4. The average molecular weight is 319 g/mol. The van der Waals surface area contributed by atoms with Crippen molar-refractivity contribution in [1.82, 2.24) is 5.32 Å².